The van der Waals surface area contributed by atoms with Gasteiger partial charge in [0.1, 0.15) is 29.8 Å². The Kier molecular flexibility index (Phi) is 7.22. The second-order valence-corrected chi connectivity index (χ2v) is 7.99. The first kappa shape index (κ1) is 22.3. The predicted molar refractivity (Wildman–Crippen MR) is 123 cm³/mol. The van der Waals surface area contributed by atoms with Crippen molar-refractivity contribution >= 4 is 33.6 Å². The second kappa shape index (κ2) is 10.1. The topological polar surface area (TPSA) is 62.1 Å². The van der Waals surface area contributed by atoms with Gasteiger partial charge in [-0.05, 0) is 55.8 Å². The lowest BCUT2D eigenvalue weighted by Gasteiger charge is -2.12. The molecule has 0 aliphatic rings. The molecule has 0 saturated heterocycles. The van der Waals surface area contributed by atoms with Crippen molar-refractivity contribution in [3.8, 4) is 11.8 Å². The summed E-state index contributed by atoms with van der Waals surface area (Å²) in [7, 11) is 0. The maximum Gasteiger partial charge on any atom is 0.266 e. The lowest BCUT2D eigenvalue weighted by molar-refractivity contribution is -0.112. The van der Waals surface area contributed by atoms with Crippen molar-refractivity contribution in [2.24, 2.45) is 0 Å². The van der Waals surface area contributed by atoms with Crippen molar-refractivity contribution in [1.82, 2.24) is 0 Å². The van der Waals surface area contributed by atoms with E-state index in [0.717, 1.165) is 21.2 Å². The molecule has 0 spiro atoms. The van der Waals surface area contributed by atoms with Gasteiger partial charge in [0.15, 0.2) is 0 Å². The number of para-hydroxylation sites is 1. The summed E-state index contributed by atoms with van der Waals surface area (Å²) in [5.74, 6) is -0.755. The van der Waals surface area contributed by atoms with E-state index in [2.05, 4.69) is 27.3 Å². The van der Waals surface area contributed by atoms with Crippen LogP contribution in [0.2, 0.25) is 0 Å². The third kappa shape index (κ3) is 6.03. The lowest BCUT2D eigenvalue weighted by atomic mass is 10.1. The summed E-state index contributed by atoms with van der Waals surface area (Å²) >= 11 is 3.41. The van der Waals surface area contributed by atoms with E-state index in [1.165, 1.54) is 24.3 Å². The van der Waals surface area contributed by atoms with Crippen LogP contribution < -0.4 is 10.1 Å². The van der Waals surface area contributed by atoms with Crippen LogP contribution in [0, 0.1) is 31.0 Å². The predicted octanol–water partition coefficient (Wildman–Crippen LogP) is 6.33. The van der Waals surface area contributed by atoms with Crippen molar-refractivity contribution < 1.29 is 13.9 Å². The van der Waals surface area contributed by atoms with Crippen molar-refractivity contribution in [3.05, 3.63) is 98.8 Å². The number of carbonyl (C=O) groups excluding carboxylic acids is 1. The van der Waals surface area contributed by atoms with Crippen LogP contribution in [-0.2, 0) is 11.4 Å². The van der Waals surface area contributed by atoms with Crippen LogP contribution in [-0.4, -0.2) is 5.91 Å². The third-order valence-corrected chi connectivity index (χ3v) is 4.93. The number of benzene rings is 3. The van der Waals surface area contributed by atoms with E-state index in [-0.39, 0.29) is 11.3 Å². The van der Waals surface area contributed by atoms with E-state index in [1.54, 1.807) is 18.2 Å². The summed E-state index contributed by atoms with van der Waals surface area (Å²) in [5.41, 5.74) is 3.70. The number of ether oxygens (including phenoxy) is 1. The minimum Gasteiger partial charge on any atom is -0.488 e. The van der Waals surface area contributed by atoms with E-state index >= 15 is 0 Å². The summed E-state index contributed by atoms with van der Waals surface area (Å²) < 4.78 is 20.6. The average molecular weight is 479 g/mol. The highest BCUT2D eigenvalue weighted by atomic mass is 79.9. The SMILES string of the molecule is Cc1cc(C)cc(COc2ccc(Br)cc2/C=C(\C#N)C(=O)Nc2ccccc2F)c1. The number of carbonyl (C=O) groups is 1. The Morgan fingerprint density at radius 1 is 1.13 bits per heavy atom. The summed E-state index contributed by atoms with van der Waals surface area (Å²) in [5, 5.41) is 11.9. The second-order valence-electron chi connectivity index (χ2n) is 7.07. The van der Waals surface area contributed by atoms with Crippen LogP contribution in [0.3, 0.4) is 0 Å². The number of hydrogen-bond acceptors (Lipinski definition) is 3. The fourth-order valence-electron chi connectivity index (χ4n) is 3.13. The fourth-order valence-corrected chi connectivity index (χ4v) is 3.51. The van der Waals surface area contributed by atoms with Gasteiger partial charge in [0.2, 0.25) is 0 Å². The largest absolute Gasteiger partial charge is 0.488 e. The minimum absolute atomic E-state index is 0.00850. The molecule has 0 unspecified atom stereocenters. The smallest absolute Gasteiger partial charge is 0.266 e. The van der Waals surface area contributed by atoms with E-state index in [1.807, 2.05) is 38.1 Å². The molecule has 0 aromatic heterocycles. The number of aryl methyl sites for hydroxylation is 2. The molecule has 3 rings (SSSR count). The molecule has 0 fully saturated rings. The van der Waals surface area contributed by atoms with E-state index in [9.17, 15) is 14.4 Å². The van der Waals surface area contributed by atoms with Crippen LogP contribution in [0.25, 0.3) is 6.08 Å². The van der Waals surface area contributed by atoms with Gasteiger partial charge in [-0.2, -0.15) is 5.26 Å². The van der Waals surface area contributed by atoms with E-state index in [4.69, 9.17) is 4.74 Å². The van der Waals surface area contributed by atoms with Crippen LogP contribution in [0.1, 0.15) is 22.3 Å². The Labute approximate surface area is 189 Å². The molecule has 0 heterocycles. The first-order chi connectivity index (χ1) is 14.9. The fraction of sp³-hybridized carbons (Fsp3) is 0.120. The summed E-state index contributed by atoms with van der Waals surface area (Å²) in [4.78, 5) is 12.5. The Balaban J connectivity index is 1.85. The molecule has 156 valence electrons. The van der Waals surface area contributed by atoms with Crippen LogP contribution >= 0.6 is 15.9 Å². The number of amides is 1. The number of halogens is 2. The Morgan fingerprint density at radius 2 is 1.84 bits per heavy atom. The van der Waals surface area contributed by atoms with Gasteiger partial charge >= 0.3 is 0 Å². The molecule has 4 nitrogen and oxygen atoms in total. The first-order valence-electron chi connectivity index (χ1n) is 9.53. The van der Waals surface area contributed by atoms with Gasteiger partial charge in [0, 0.05) is 10.0 Å². The van der Waals surface area contributed by atoms with Crippen molar-refractivity contribution in [1.29, 1.82) is 5.26 Å². The van der Waals surface area contributed by atoms with Crippen molar-refractivity contribution in [2.45, 2.75) is 20.5 Å². The summed E-state index contributed by atoms with van der Waals surface area (Å²) in [6.45, 7) is 4.39. The third-order valence-electron chi connectivity index (χ3n) is 4.43. The highest BCUT2D eigenvalue weighted by Crippen LogP contribution is 2.27. The molecule has 1 amide bonds. The number of nitrogens with zero attached hydrogens (tertiary/aromatic N) is 1. The highest BCUT2D eigenvalue weighted by molar-refractivity contribution is 9.10. The molecule has 1 N–H and O–H groups in total. The molecule has 0 aliphatic heterocycles. The zero-order valence-corrected chi connectivity index (χ0v) is 18.7. The standard InChI is InChI=1S/C25H20BrFN2O2/c1-16-9-17(2)11-18(10-16)15-31-24-8-7-21(26)13-19(24)12-20(14-28)25(30)29-23-6-4-3-5-22(23)27/h3-13H,15H2,1-2H3,(H,29,30)/b20-12+. The minimum atomic E-state index is -0.701. The molecule has 3 aromatic rings. The average Bonchev–Trinajstić information content (AvgIpc) is 2.72. The molecule has 3 aromatic carbocycles. The molecule has 0 atom stereocenters. The Bertz CT molecular complexity index is 1180. The zero-order valence-electron chi connectivity index (χ0n) is 17.1. The van der Waals surface area contributed by atoms with E-state index < -0.39 is 11.7 Å². The Morgan fingerprint density at radius 3 is 2.52 bits per heavy atom. The number of anilines is 1. The molecule has 31 heavy (non-hydrogen) atoms. The molecule has 0 saturated carbocycles. The van der Waals surface area contributed by atoms with Gasteiger partial charge in [0.05, 0.1) is 5.69 Å². The van der Waals surface area contributed by atoms with Gasteiger partial charge in [-0.25, -0.2) is 4.39 Å². The number of nitriles is 1. The molecule has 0 aliphatic carbocycles. The zero-order chi connectivity index (χ0) is 22.4. The summed E-state index contributed by atoms with van der Waals surface area (Å²) in [6.07, 6.45) is 1.43. The molecular weight excluding hydrogens is 459 g/mol. The molecular formula is C25H20BrFN2O2. The first-order valence-corrected chi connectivity index (χ1v) is 10.3. The van der Waals surface area contributed by atoms with Crippen LogP contribution in [0.15, 0.2) is 70.7 Å². The van der Waals surface area contributed by atoms with Crippen LogP contribution in [0.5, 0.6) is 5.75 Å². The van der Waals surface area contributed by atoms with E-state index in [0.29, 0.717) is 17.9 Å². The van der Waals surface area contributed by atoms with Gasteiger partial charge in [-0.15, -0.1) is 0 Å². The number of rotatable bonds is 6. The Hall–Kier alpha value is -3.43. The maximum absolute atomic E-state index is 13.8. The van der Waals surface area contributed by atoms with Crippen molar-refractivity contribution in [2.75, 3.05) is 5.32 Å². The monoisotopic (exact) mass is 478 g/mol. The molecule has 0 bridgehead atoms. The van der Waals surface area contributed by atoms with Gasteiger partial charge in [-0.3, -0.25) is 4.79 Å². The molecule has 0 radical (unpaired) electrons. The van der Waals surface area contributed by atoms with Gasteiger partial charge in [-0.1, -0.05) is 57.4 Å². The van der Waals surface area contributed by atoms with Crippen LogP contribution in [0.4, 0.5) is 10.1 Å². The lowest BCUT2D eigenvalue weighted by Crippen LogP contribution is -2.14. The highest BCUT2D eigenvalue weighted by Gasteiger charge is 2.14. The number of hydrogen-bond donors (Lipinski definition) is 1. The normalized spacial score (nSPS) is 11.0. The number of nitrogens with one attached hydrogen (secondary N) is 1. The van der Waals surface area contributed by atoms with Gasteiger partial charge < -0.3 is 10.1 Å². The molecule has 6 heteroatoms. The summed E-state index contributed by atoms with van der Waals surface area (Å²) in [6, 6.07) is 19.2. The van der Waals surface area contributed by atoms with Gasteiger partial charge in [0.25, 0.3) is 5.91 Å². The van der Waals surface area contributed by atoms with Crippen molar-refractivity contribution in [3.63, 3.8) is 0 Å². The maximum atomic E-state index is 13.8. The quantitative estimate of drug-likeness (QED) is 0.332.